The summed E-state index contributed by atoms with van der Waals surface area (Å²) in [6.07, 6.45) is 8.09. The highest BCUT2D eigenvalue weighted by molar-refractivity contribution is 5.77. The Morgan fingerprint density at radius 3 is 2.50 bits per heavy atom. The lowest BCUT2D eigenvalue weighted by atomic mass is 9.99. The second-order valence-electron chi connectivity index (χ2n) is 7.13. The minimum absolute atomic E-state index is 0.429. The predicted molar refractivity (Wildman–Crippen MR) is 121 cm³/mol. The number of hydrogen-bond acceptors (Lipinski definition) is 4. The Morgan fingerprint density at radius 1 is 1.00 bits per heavy atom. The zero-order chi connectivity index (χ0) is 20.8. The first-order valence-electron chi connectivity index (χ1n) is 10.7. The quantitative estimate of drug-likeness (QED) is 0.479. The highest BCUT2D eigenvalue weighted by Gasteiger charge is 2.22. The number of aromatic nitrogens is 3. The van der Waals surface area contributed by atoms with Crippen molar-refractivity contribution in [1.82, 2.24) is 19.7 Å². The van der Waals surface area contributed by atoms with E-state index in [0.717, 1.165) is 53.6 Å². The molecule has 0 radical (unpaired) electrons. The summed E-state index contributed by atoms with van der Waals surface area (Å²) in [4.78, 5) is 9.37. The van der Waals surface area contributed by atoms with Crippen LogP contribution in [-0.4, -0.2) is 27.5 Å². The van der Waals surface area contributed by atoms with Crippen molar-refractivity contribution in [3.63, 3.8) is 0 Å². The third-order valence-electron chi connectivity index (χ3n) is 5.24. The minimum Gasteiger partial charge on any atom is -0.457 e. The summed E-state index contributed by atoms with van der Waals surface area (Å²) in [6.45, 7) is 6.07. The summed E-state index contributed by atoms with van der Waals surface area (Å²) in [6, 6.07) is 17.9. The summed E-state index contributed by atoms with van der Waals surface area (Å²) < 4.78 is 8.10. The van der Waals surface area contributed by atoms with Gasteiger partial charge in [0.1, 0.15) is 17.3 Å². The normalized spacial score (nSPS) is 16.0. The molecule has 0 bridgehead atoms. The molecule has 5 rings (SSSR count). The van der Waals surface area contributed by atoms with Gasteiger partial charge in [-0.3, -0.25) is 9.38 Å². The number of fused-ring (bicyclic) bond motifs is 1. The largest absolute Gasteiger partial charge is 0.457 e. The highest BCUT2D eigenvalue weighted by atomic mass is 16.5. The molecule has 0 spiro atoms. The second kappa shape index (κ2) is 9.55. The Hall–Kier alpha value is -3.18. The number of ether oxygens (including phenoxy) is 1. The van der Waals surface area contributed by atoms with Crippen LogP contribution in [0.15, 0.2) is 73.2 Å². The third kappa shape index (κ3) is 4.21. The van der Waals surface area contributed by atoms with Crippen LogP contribution in [-0.2, 0) is 0 Å². The first kappa shape index (κ1) is 20.1. The van der Waals surface area contributed by atoms with Gasteiger partial charge in [-0.05, 0) is 55.8 Å². The van der Waals surface area contributed by atoms with Crippen LogP contribution < -0.4 is 10.1 Å². The van der Waals surface area contributed by atoms with Crippen molar-refractivity contribution in [2.75, 3.05) is 13.1 Å². The lowest BCUT2D eigenvalue weighted by Gasteiger charge is -2.21. The van der Waals surface area contributed by atoms with Crippen molar-refractivity contribution in [2.45, 2.75) is 32.6 Å². The molecule has 0 aliphatic carbocycles. The molecular formula is C25H28N4O. The Kier molecular flexibility index (Phi) is 6.40. The number of para-hydroxylation sites is 1. The minimum atomic E-state index is 0.429. The van der Waals surface area contributed by atoms with Crippen molar-refractivity contribution < 1.29 is 4.74 Å². The van der Waals surface area contributed by atoms with E-state index < -0.39 is 0 Å². The molecule has 1 aliphatic rings. The first-order valence-corrected chi connectivity index (χ1v) is 10.7. The molecule has 1 fully saturated rings. The number of benzene rings is 2. The molecule has 5 heteroatoms. The maximum Gasteiger partial charge on any atom is 0.127 e. The topological polar surface area (TPSA) is 51.5 Å². The lowest BCUT2D eigenvalue weighted by molar-refractivity contribution is 0.445. The highest BCUT2D eigenvalue weighted by Crippen LogP contribution is 2.31. The van der Waals surface area contributed by atoms with Crippen LogP contribution in [0.4, 0.5) is 0 Å². The Labute approximate surface area is 177 Å². The second-order valence-corrected chi connectivity index (χ2v) is 7.13. The van der Waals surface area contributed by atoms with Crippen LogP contribution in [0.2, 0.25) is 0 Å². The number of imidazole rings is 1. The van der Waals surface area contributed by atoms with E-state index in [-0.39, 0.29) is 0 Å². The summed E-state index contributed by atoms with van der Waals surface area (Å²) in [5.74, 6) is 3.19. The van der Waals surface area contributed by atoms with E-state index in [4.69, 9.17) is 9.72 Å². The maximum absolute atomic E-state index is 5.91. The molecule has 154 valence electrons. The smallest absolute Gasteiger partial charge is 0.127 e. The fourth-order valence-electron chi connectivity index (χ4n) is 3.84. The summed E-state index contributed by atoms with van der Waals surface area (Å²) in [7, 11) is 0. The van der Waals surface area contributed by atoms with Crippen LogP contribution >= 0.6 is 0 Å². The molecule has 3 heterocycles. The number of rotatable bonds is 4. The fourth-order valence-corrected chi connectivity index (χ4v) is 3.84. The average Bonchev–Trinajstić information content (AvgIpc) is 3.22. The molecule has 5 nitrogen and oxygen atoms in total. The van der Waals surface area contributed by atoms with E-state index in [9.17, 15) is 0 Å². The number of piperidine rings is 1. The molecule has 2 aromatic heterocycles. The summed E-state index contributed by atoms with van der Waals surface area (Å²) >= 11 is 0. The molecule has 1 unspecified atom stereocenters. The van der Waals surface area contributed by atoms with Crippen molar-refractivity contribution >= 4 is 5.52 Å². The van der Waals surface area contributed by atoms with E-state index >= 15 is 0 Å². The summed E-state index contributed by atoms with van der Waals surface area (Å²) in [5, 5.41) is 3.49. The Balaban J connectivity index is 0.00000106. The van der Waals surface area contributed by atoms with Gasteiger partial charge in [0, 0.05) is 30.4 Å². The average molecular weight is 401 g/mol. The van der Waals surface area contributed by atoms with Crippen LogP contribution in [0.5, 0.6) is 11.5 Å². The molecule has 1 saturated heterocycles. The summed E-state index contributed by atoms with van der Waals surface area (Å²) in [5.41, 5.74) is 3.08. The molecular weight excluding hydrogens is 372 g/mol. The van der Waals surface area contributed by atoms with Gasteiger partial charge in [0.25, 0.3) is 0 Å². The van der Waals surface area contributed by atoms with Gasteiger partial charge >= 0.3 is 0 Å². The SMILES string of the molecule is CC.c1ccc(Oc2ccc(-c3nc(C4CCCNC4)n4ccncc34)cc2)cc1. The molecule has 1 N–H and O–H groups in total. The molecule has 2 aromatic carbocycles. The van der Waals surface area contributed by atoms with E-state index in [1.165, 1.54) is 6.42 Å². The van der Waals surface area contributed by atoms with Gasteiger partial charge in [-0.25, -0.2) is 4.98 Å². The molecule has 1 aliphatic heterocycles. The molecule has 0 amide bonds. The van der Waals surface area contributed by atoms with Crippen molar-refractivity contribution in [2.24, 2.45) is 0 Å². The first-order chi connectivity index (χ1) is 14.9. The van der Waals surface area contributed by atoms with E-state index in [0.29, 0.717) is 5.92 Å². The van der Waals surface area contributed by atoms with Gasteiger partial charge in [0.15, 0.2) is 0 Å². The number of nitrogens with one attached hydrogen (secondary N) is 1. The van der Waals surface area contributed by atoms with Crippen molar-refractivity contribution in [3.8, 4) is 22.8 Å². The molecule has 30 heavy (non-hydrogen) atoms. The van der Waals surface area contributed by atoms with Gasteiger partial charge in [-0.2, -0.15) is 0 Å². The zero-order valence-corrected chi connectivity index (χ0v) is 17.6. The Bertz CT molecular complexity index is 1070. The van der Waals surface area contributed by atoms with Crippen molar-refractivity contribution in [3.05, 3.63) is 79.0 Å². The van der Waals surface area contributed by atoms with Crippen LogP contribution in [0.1, 0.15) is 38.4 Å². The fraction of sp³-hybridized carbons (Fsp3) is 0.280. The molecule has 1 atom stereocenters. The van der Waals surface area contributed by atoms with E-state index in [1.54, 1.807) is 0 Å². The van der Waals surface area contributed by atoms with Crippen LogP contribution in [0.25, 0.3) is 16.8 Å². The van der Waals surface area contributed by atoms with E-state index in [1.807, 2.05) is 74.9 Å². The molecule has 0 saturated carbocycles. The predicted octanol–water partition coefficient (Wildman–Crippen LogP) is 5.68. The maximum atomic E-state index is 5.91. The van der Waals surface area contributed by atoms with Gasteiger partial charge in [-0.1, -0.05) is 32.0 Å². The number of hydrogen-bond donors (Lipinski definition) is 1. The lowest BCUT2D eigenvalue weighted by Crippen LogP contribution is -2.29. The van der Waals surface area contributed by atoms with Gasteiger partial charge in [0.2, 0.25) is 0 Å². The third-order valence-corrected chi connectivity index (χ3v) is 5.24. The van der Waals surface area contributed by atoms with E-state index in [2.05, 4.69) is 26.8 Å². The molecule has 4 aromatic rings. The monoisotopic (exact) mass is 400 g/mol. The zero-order valence-electron chi connectivity index (χ0n) is 17.6. The van der Waals surface area contributed by atoms with Crippen LogP contribution in [0, 0.1) is 0 Å². The van der Waals surface area contributed by atoms with Crippen molar-refractivity contribution in [1.29, 1.82) is 0 Å². The van der Waals surface area contributed by atoms with Gasteiger partial charge < -0.3 is 10.1 Å². The Morgan fingerprint density at radius 2 is 1.77 bits per heavy atom. The van der Waals surface area contributed by atoms with Gasteiger partial charge in [-0.15, -0.1) is 0 Å². The van der Waals surface area contributed by atoms with Gasteiger partial charge in [0.05, 0.1) is 17.4 Å². The standard InChI is InChI=1S/C23H22N4O.C2H6/c1-2-6-19(7-3-1)28-20-10-8-17(9-11-20)22-21-16-25-13-14-27(21)23(26-22)18-5-4-12-24-15-18;1-2/h1-3,6-11,13-14,16,18,24H,4-5,12,15H2;1-2H3. The van der Waals surface area contributed by atoms with Crippen LogP contribution in [0.3, 0.4) is 0 Å². The number of nitrogens with zero attached hydrogens (tertiary/aromatic N) is 3.